The molecule has 21 heavy (non-hydrogen) atoms. The standard InChI is InChI=1S/C16H21N3O2/c1-3-11(2)19-10-13(17)16(18-19)12-5-6-14-15(9-12)21-8-4-7-20-14/h5-6,9-11H,3-4,7-8,17H2,1-2H3. The van der Waals surface area contributed by atoms with Crippen LogP contribution in [0, 0.1) is 0 Å². The van der Waals surface area contributed by atoms with Crippen molar-refractivity contribution in [2.75, 3.05) is 18.9 Å². The quantitative estimate of drug-likeness (QED) is 0.941. The number of rotatable bonds is 3. The minimum Gasteiger partial charge on any atom is -0.490 e. The molecule has 2 aromatic rings. The third kappa shape index (κ3) is 2.68. The molecule has 0 fully saturated rings. The van der Waals surface area contributed by atoms with E-state index >= 15 is 0 Å². The zero-order valence-electron chi connectivity index (χ0n) is 12.5. The van der Waals surface area contributed by atoms with Gasteiger partial charge in [0.2, 0.25) is 0 Å². The first-order valence-corrected chi connectivity index (χ1v) is 7.43. The molecule has 0 spiro atoms. The van der Waals surface area contributed by atoms with E-state index in [4.69, 9.17) is 15.2 Å². The van der Waals surface area contributed by atoms with Gasteiger partial charge in [0.25, 0.3) is 0 Å². The van der Waals surface area contributed by atoms with Crippen LogP contribution < -0.4 is 15.2 Å². The second kappa shape index (κ2) is 5.68. The van der Waals surface area contributed by atoms with Crippen molar-refractivity contribution in [1.82, 2.24) is 9.78 Å². The summed E-state index contributed by atoms with van der Waals surface area (Å²) in [6.45, 7) is 5.63. The van der Waals surface area contributed by atoms with Crippen molar-refractivity contribution in [2.24, 2.45) is 0 Å². The van der Waals surface area contributed by atoms with Crippen molar-refractivity contribution in [2.45, 2.75) is 32.7 Å². The Bertz CT molecular complexity index is 636. The van der Waals surface area contributed by atoms with Gasteiger partial charge >= 0.3 is 0 Å². The van der Waals surface area contributed by atoms with Gasteiger partial charge in [-0.15, -0.1) is 0 Å². The van der Waals surface area contributed by atoms with Crippen LogP contribution in [0.5, 0.6) is 11.5 Å². The Hall–Kier alpha value is -2.17. The van der Waals surface area contributed by atoms with Crippen LogP contribution in [0.3, 0.4) is 0 Å². The van der Waals surface area contributed by atoms with Gasteiger partial charge in [0.15, 0.2) is 11.5 Å². The van der Waals surface area contributed by atoms with Gasteiger partial charge in [-0.2, -0.15) is 5.10 Å². The molecule has 3 rings (SSSR count). The van der Waals surface area contributed by atoms with Crippen LogP contribution in [-0.2, 0) is 0 Å². The molecule has 2 heterocycles. The maximum absolute atomic E-state index is 6.12. The molecule has 1 atom stereocenters. The van der Waals surface area contributed by atoms with E-state index in [1.165, 1.54) is 0 Å². The lowest BCUT2D eigenvalue weighted by Gasteiger charge is -2.09. The third-order valence-electron chi connectivity index (χ3n) is 3.82. The van der Waals surface area contributed by atoms with E-state index in [9.17, 15) is 0 Å². The lowest BCUT2D eigenvalue weighted by atomic mass is 10.1. The molecule has 0 saturated heterocycles. The molecule has 1 unspecified atom stereocenters. The van der Waals surface area contributed by atoms with E-state index in [0.29, 0.717) is 24.9 Å². The van der Waals surface area contributed by atoms with E-state index in [1.54, 1.807) is 0 Å². The molecule has 1 aliphatic rings. The summed E-state index contributed by atoms with van der Waals surface area (Å²) in [5, 5.41) is 4.62. The smallest absolute Gasteiger partial charge is 0.161 e. The number of nitrogen functional groups attached to an aromatic ring is 1. The van der Waals surface area contributed by atoms with Crippen molar-refractivity contribution in [1.29, 1.82) is 0 Å². The summed E-state index contributed by atoms with van der Waals surface area (Å²) in [4.78, 5) is 0. The Balaban J connectivity index is 1.97. The van der Waals surface area contributed by atoms with Crippen molar-refractivity contribution in [3.63, 3.8) is 0 Å². The van der Waals surface area contributed by atoms with Crippen LogP contribution in [0.1, 0.15) is 32.7 Å². The molecule has 1 aromatic heterocycles. The topological polar surface area (TPSA) is 62.3 Å². The molecule has 0 amide bonds. The fourth-order valence-corrected chi connectivity index (χ4v) is 2.35. The second-order valence-electron chi connectivity index (χ2n) is 5.38. The summed E-state index contributed by atoms with van der Waals surface area (Å²) in [5.41, 5.74) is 8.56. The number of aromatic nitrogens is 2. The Morgan fingerprint density at radius 2 is 2.05 bits per heavy atom. The van der Waals surface area contributed by atoms with Gasteiger partial charge in [0, 0.05) is 24.2 Å². The first-order valence-electron chi connectivity index (χ1n) is 7.43. The number of ether oxygens (including phenoxy) is 2. The molecule has 5 heteroatoms. The van der Waals surface area contributed by atoms with Gasteiger partial charge < -0.3 is 15.2 Å². The summed E-state index contributed by atoms with van der Waals surface area (Å²) < 4.78 is 13.3. The maximum Gasteiger partial charge on any atom is 0.161 e. The number of nitrogens with zero attached hydrogens (tertiary/aromatic N) is 2. The zero-order chi connectivity index (χ0) is 14.8. The largest absolute Gasteiger partial charge is 0.490 e. The van der Waals surface area contributed by atoms with Gasteiger partial charge in [0.05, 0.1) is 18.9 Å². The normalized spacial score (nSPS) is 15.5. The van der Waals surface area contributed by atoms with Gasteiger partial charge in [-0.3, -0.25) is 4.68 Å². The van der Waals surface area contributed by atoms with E-state index < -0.39 is 0 Å². The molecule has 2 N–H and O–H groups in total. The lowest BCUT2D eigenvalue weighted by Crippen LogP contribution is -2.04. The Labute approximate surface area is 124 Å². The highest BCUT2D eigenvalue weighted by Crippen LogP contribution is 2.35. The summed E-state index contributed by atoms with van der Waals surface area (Å²) in [5.74, 6) is 1.55. The van der Waals surface area contributed by atoms with Gasteiger partial charge in [-0.25, -0.2) is 0 Å². The lowest BCUT2D eigenvalue weighted by molar-refractivity contribution is 0.297. The number of benzene rings is 1. The van der Waals surface area contributed by atoms with Crippen LogP contribution in [-0.4, -0.2) is 23.0 Å². The molecule has 0 bridgehead atoms. The number of anilines is 1. The Kier molecular flexibility index (Phi) is 3.73. The monoisotopic (exact) mass is 287 g/mol. The summed E-state index contributed by atoms with van der Waals surface area (Å²) >= 11 is 0. The highest BCUT2D eigenvalue weighted by atomic mass is 16.5. The van der Waals surface area contributed by atoms with E-state index in [1.807, 2.05) is 29.1 Å². The average molecular weight is 287 g/mol. The second-order valence-corrected chi connectivity index (χ2v) is 5.38. The van der Waals surface area contributed by atoms with Crippen LogP contribution >= 0.6 is 0 Å². The van der Waals surface area contributed by atoms with Crippen molar-refractivity contribution in [3.05, 3.63) is 24.4 Å². The van der Waals surface area contributed by atoms with Crippen LogP contribution in [0.2, 0.25) is 0 Å². The first kappa shape index (κ1) is 13.8. The van der Waals surface area contributed by atoms with Gasteiger partial charge in [-0.1, -0.05) is 6.92 Å². The molecular weight excluding hydrogens is 266 g/mol. The van der Waals surface area contributed by atoms with Crippen LogP contribution in [0.25, 0.3) is 11.3 Å². The highest BCUT2D eigenvalue weighted by Gasteiger charge is 2.15. The van der Waals surface area contributed by atoms with E-state index in [-0.39, 0.29) is 0 Å². The summed E-state index contributed by atoms with van der Waals surface area (Å²) in [7, 11) is 0. The molecule has 0 radical (unpaired) electrons. The first-order chi connectivity index (χ1) is 10.2. The Morgan fingerprint density at radius 3 is 2.81 bits per heavy atom. The molecule has 1 aliphatic heterocycles. The molecular formula is C16H21N3O2. The number of hydrogen-bond donors (Lipinski definition) is 1. The minimum absolute atomic E-state index is 0.335. The summed E-state index contributed by atoms with van der Waals surface area (Å²) in [6, 6.07) is 6.20. The van der Waals surface area contributed by atoms with E-state index in [0.717, 1.165) is 35.6 Å². The third-order valence-corrected chi connectivity index (χ3v) is 3.82. The number of hydrogen-bond acceptors (Lipinski definition) is 4. The number of nitrogens with two attached hydrogens (primary N) is 1. The minimum atomic E-state index is 0.335. The fraction of sp³-hybridized carbons (Fsp3) is 0.438. The Morgan fingerprint density at radius 1 is 1.29 bits per heavy atom. The van der Waals surface area contributed by atoms with Crippen molar-refractivity contribution < 1.29 is 9.47 Å². The molecule has 0 saturated carbocycles. The molecule has 0 aliphatic carbocycles. The molecule has 112 valence electrons. The van der Waals surface area contributed by atoms with Gasteiger partial charge in [-0.05, 0) is 31.5 Å². The summed E-state index contributed by atoms with van der Waals surface area (Å²) in [6.07, 6.45) is 3.81. The predicted octanol–water partition coefficient (Wildman–Crippen LogP) is 3.26. The number of fused-ring (bicyclic) bond motifs is 1. The SMILES string of the molecule is CCC(C)n1cc(N)c(-c2ccc3c(c2)OCCCO3)n1. The zero-order valence-corrected chi connectivity index (χ0v) is 12.5. The predicted molar refractivity (Wildman–Crippen MR) is 82.7 cm³/mol. The molecule has 5 nitrogen and oxygen atoms in total. The van der Waals surface area contributed by atoms with E-state index in [2.05, 4.69) is 18.9 Å². The maximum atomic E-state index is 6.12. The highest BCUT2D eigenvalue weighted by molar-refractivity contribution is 5.74. The fourth-order valence-electron chi connectivity index (χ4n) is 2.35. The molecule has 1 aromatic carbocycles. The van der Waals surface area contributed by atoms with Crippen molar-refractivity contribution in [3.8, 4) is 22.8 Å². The average Bonchev–Trinajstić information content (AvgIpc) is 2.74. The van der Waals surface area contributed by atoms with Gasteiger partial charge in [0.1, 0.15) is 5.69 Å². The van der Waals surface area contributed by atoms with Crippen LogP contribution in [0.4, 0.5) is 5.69 Å². The van der Waals surface area contributed by atoms with Crippen molar-refractivity contribution >= 4 is 5.69 Å². The van der Waals surface area contributed by atoms with Crippen LogP contribution in [0.15, 0.2) is 24.4 Å².